The molecule has 1 aromatic carbocycles. The lowest BCUT2D eigenvalue weighted by atomic mass is 10.0. The summed E-state index contributed by atoms with van der Waals surface area (Å²) < 4.78 is 19.1. The van der Waals surface area contributed by atoms with Crippen LogP contribution in [-0.4, -0.2) is 25.8 Å². The highest BCUT2D eigenvalue weighted by Crippen LogP contribution is 2.18. The predicted molar refractivity (Wildman–Crippen MR) is 76.4 cm³/mol. The van der Waals surface area contributed by atoms with Crippen LogP contribution in [0.5, 0.6) is 0 Å². The summed E-state index contributed by atoms with van der Waals surface area (Å²) in [5.74, 6) is -0.225. The van der Waals surface area contributed by atoms with Gasteiger partial charge in [0.25, 0.3) is 0 Å². The Hall–Kier alpha value is -0.450. The molecule has 0 spiro atoms. The molecule has 0 radical (unpaired) electrons. The maximum atomic E-state index is 13.2. The molecule has 0 amide bonds. The van der Waals surface area contributed by atoms with Crippen LogP contribution < -0.4 is 5.32 Å². The lowest BCUT2D eigenvalue weighted by molar-refractivity contribution is 0.0831. The third-order valence-corrected chi connectivity index (χ3v) is 3.64. The number of nitrogens with one attached hydrogen (secondary N) is 1. The molecule has 2 unspecified atom stereocenters. The second kappa shape index (κ2) is 7.87. The van der Waals surface area contributed by atoms with E-state index in [2.05, 4.69) is 28.2 Å². The molecule has 4 heteroatoms. The van der Waals surface area contributed by atoms with Crippen molar-refractivity contribution in [2.24, 2.45) is 0 Å². The van der Waals surface area contributed by atoms with Crippen LogP contribution >= 0.6 is 15.9 Å². The first-order valence-corrected chi connectivity index (χ1v) is 7.07. The number of ether oxygens (including phenoxy) is 1. The third-order valence-electron chi connectivity index (χ3n) is 3.03. The highest BCUT2D eigenvalue weighted by atomic mass is 79.9. The fourth-order valence-electron chi connectivity index (χ4n) is 1.82. The average molecular weight is 318 g/mol. The zero-order valence-corrected chi connectivity index (χ0v) is 12.8. The molecule has 0 aliphatic heterocycles. The second-order valence-corrected chi connectivity index (χ2v) is 5.31. The molecule has 0 fully saturated rings. The Bertz CT molecular complexity index is 373. The summed E-state index contributed by atoms with van der Waals surface area (Å²) >= 11 is 3.22. The van der Waals surface area contributed by atoms with Gasteiger partial charge in [-0.25, -0.2) is 4.39 Å². The van der Waals surface area contributed by atoms with Gasteiger partial charge in [0.05, 0.1) is 10.6 Å². The zero-order valence-electron chi connectivity index (χ0n) is 11.2. The fourth-order valence-corrected chi connectivity index (χ4v) is 2.24. The van der Waals surface area contributed by atoms with Crippen LogP contribution in [0, 0.1) is 5.82 Å². The van der Waals surface area contributed by atoms with E-state index in [1.54, 1.807) is 7.11 Å². The number of hydrogen-bond acceptors (Lipinski definition) is 2. The SMILES string of the molecule is CCCNC(Cc1ccc(F)c(Br)c1)C(C)OC. The van der Waals surface area contributed by atoms with Crippen LogP contribution in [0.2, 0.25) is 0 Å². The van der Waals surface area contributed by atoms with E-state index in [0.29, 0.717) is 4.47 Å². The molecule has 1 rings (SSSR count). The van der Waals surface area contributed by atoms with Gasteiger partial charge in [0.1, 0.15) is 5.82 Å². The Morgan fingerprint density at radius 3 is 2.72 bits per heavy atom. The number of methoxy groups -OCH3 is 1. The molecular formula is C14H21BrFNO. The van der Waals surface area contributed by atoms with Gasteiger partial charge in [0.2, 0.25) is 0 Å². The lowest BCUT2D eigenvalue weighted by Gasteiger charge is -2.24. The number of benzene rings is 1. The van der Waals surface area contributed by atoms with E-state index in [0.717, 1.165) is 24.9 Å². The van der Waals surface area contributed by atoms with Gasteiger partial charge in [0.15, 0.2) is 0 Å². The molecule has 2 atom stereocenters. The van der Waals surface area contributed by atoms with Gasteiger partial charge < -0.3 is 10.1 Å². The summed E-state index contributed by atoms with van der Waals surface area (Å²) in [5, 5.41) is 3.47. The van der Waals surface area contributed by atoms with Crippen LogP contribution in [0.15, 0.2) is 22.7 Å². The summed E-state index contributed by atoms with van der Waals surface area (Å²) in [6.07, 6.45) is 2.04. The quantitative estimate of drug-likeness (QED) is 0.830. The molecule has 0 saturated carbocycles. The van der Waals surface area contributed by atoms with E-state index in [4.69, 9.17) is 4.74 Å². The molecular weight excluding hydrogens is 297 g/mol. The Balaban J connectivity index is 2.71. The normalized spacial score (nSPS) is 14.5. The smallest absolute Gasteiger partial charge is 0.137 e. The summed E-state index contributed by atoms with van der Waals surface area (Å²) in [7, 11) is 1.71. The second-order valence-electron chi connectivity index (χ2n) is 4.45. The van der Waals surface area contributed by atoms with Crippen molar-refractivity contribution in [3.63, 3.8) is 0 Å². The van der Waals surface area contributed by atoms with Gasteiger partial charge in [-0.05, 0) is 59.9 Å². The van der Waals surface area contributed by atoms with Gasteiger partial charge in [-0.2, -0.15) is 0 Å². The largest absolute Gasteiger partial charge is 0.380 e. The van der Waals surface area contributed by atoms with Crippen molar-refractivity contribution in [2.75, 3.05) is 13.7 Å². The minimum absolute atomic E-state index is 0.125. The van der Waals surface area contributed by atoms with Crippen LogP contribution in [0.3, 0.4) is 0 Å². The van der Waals surface area contributed by atoms with E-state index in [1.165, 1.54) is 6.07 Å². The van der Waals surface area contributed by atoms with Gasteiger partial charge in [-0.1, -0.05) is 13.0 Å². The molecule has 2 nitrogen and oxygen atoms in total. The molecule has 0 bridgehead atoms. The van der Waals surface area contributed by atoms with Gasteiger partial charge in [-0.15, -0.1) is 0 Å². The standard InChI is InChI=1S/C14H21BrFNO/c1-4-7-17-14(10(2)18-3)9-11-5-6-13(16)12(15)8-11/h5-6,8,10,14,17H,4,7,9H2,1-3H3. The molecule has 0 saturated heterocycles. The first-order chi connectivity index (χ1) is 8.58. The molecule has 0 aliphatic carbocycles. The van der Waals surface area contributed by atoms with Crippen molar-refractivity contribution >= 4 is 15.9 Å². The Morgan fingerprint density at radius 2 is 2.17 bits per heavy atom. The van der Waals surface area contributed by atoms with Gasteiger partial charge >= 0.3 is 0 Å². The van der Waals surface area contributed by atoms with Crippen LogP contribution in [0.4, 0.5) is 4.39 Å². The van der Waals surface area contributed by atoms with Gasteiger partial charge in [0, 0.05) is 13.2 Å². The fraction of sp³-hybridized carbons (Fsp3) is 0.571. The van der Waals surface area contributed by atoms with Crippen LogP contribution in [0.25, 0.3) is 0 Å². The Morgan fingerprint density at radius 1 is 1.44 bits per heavy atom. The highest BCUT2D eigenvalue weighted by Gasteiger charge is 2.17. The molecule has 1 aromatic rings. The summed E-state index contributed by atoms with van der Waals surface area (Å²) in [6.45, 7) is 5.14. The molecule has 0 heterocycles. The van der Waals surface area contributed by atoms with E-state index < -0.39 is 0 Å². The summed E-state index contributed by atoms with van der Waals surface area (Å²) in [5.41, 5.74) is 1.10. The molecule has 0 aromatic heterocycles. The van der Waals surface area contributed by atoms with Crippen molar-refractivity contribution in [3.8, 4) is 0 Å². The van der Waals surface area contributed by atoms with E-state index in [-0.39, 0.29) is 18.0 Å². The van der Waals surface area contributed by atoms with Crippen molar-refractivity contribution in [1.29, 1.82) is 0 Å². The van der Waals surface area contributed by atoms with Crippen molar-refractivity contribution in [2.45, 2.75) is 38.8 Å². The number of hydrogen-bond donors (Lipinski definition) is 1. The Kier molecular flexibility index (Phi) is 6.82. The van der Waals surface area contributed by atoms with E-state index in [9.17, 15) is 4.39 Å². The Labute approximate surface area is 117 Å². The summed E-state index contributed by atoms with van der Waals surface area (Å²) in [6, 6.07) is 5.39. The maximum absolute atomic E-state index is 13.2. The minimum atomic E-state index is -0.225. The number of rotatable bonds is 7. The minimum Gasteiger partial charge on any atom is -0.380 e. The summed E-state index contributed by atoms with van der Waals surface area (Å²) in [4.78, 5) is 0. The van der Waals surface area contributed by atoms with Crippen molar-refractivity contribution in [1.82, 2.24) is 5.32 Å². The third kappa shape index (κ3) is 4.67. The lowest BCUT2D eigenvalue weighted by Crippen LogP contribution is -2.41. The molecule has 1 N–H and O–H groups in total. The topological polar surface area (TPSA) is 21.3 Å². The predicted octanol–water partition coefficient (Wildman–Crippen LogP) is 3.53. The molecule has 0 aliphatic rings. The van der Waals surface area contributed by atoms with E-state index in [1.807, 2.05) is 19.1 Å². The molecule has 18 heavy (non-hydrogen) atoms. The van der Waals surface area contributed by atoms with Crippen molar-refractivity contribution < 1.29 is 9.13 Å². The van der Waals surface area contributed by atoms with Gasteiger partial charge in [-0.3, -0.25) is 0 Å². The van der Waals surface area contributed by atoms with Crippen LogP contribution in [0.1, 0.15) is 25.8 Å². The van der Waals surface area contributed by atoms with Crippen LogP contribution in [-0.2, 0) is 11.2 Å². The maximum Gasteiger partial charge on any atom is 0.137 e. The monoisotopic (exact) mass is 317 g/mol. The first-order valence-electron chi connectivity index (χ1n) is 6.28. The van der Waals surface area contributed by atoms with Crippen molar-refractivity contribution in [3.05, 3.63) is 34.1 Å². The zero-order chi connectivity index (χ0) is 13.5. The van der Waals surface area contributed by atoms with E-state index >= 15 is 0 Å². The molecule has 102 valence electrons. The highest BCUT2D eigenvalue weighted by molar-refractivity contribution is 9.10. The number of halogens is 2. The first kappa shape index (κ1) is 15.6. The average Bonchev–Trinajstić information content (AvgIpc) is 2.37.